The maximum absolute atomic E-state index is 5.13. The average molecular weight is 248 g/mol. The standard InChI is InChI=1S/C10H13BN2O.2C2H6/c1-11(2)9-5-3-4-8(9)6-10-13-12-7-14-10;2*1-2/h3-4,7H,5-6H2,1-2H3;2*1-2H3. The molecule has 0 fully saturated rings. The molecule has 1 aliphatic carbocycles. The molecule has 1 aromatic heterocycles. The van der Waals surface area contributed by atoms with E-state index in [1.165, 1.54) is 17.4 Å². The van der Waals surface area contributed by atoms with Gasteiger partial charge in [-0.15, -0.1) is 10.2 Å². The molecule has 4 heteroatoms. The van der Waals surface area contributed by atoms with Gasteiger partial charge in [-0.2, -0.15) is 0 Å². The van der Waals surface area contributed by atoms with Crippen LogP contribution in [-0.4, -0.2) is 16.9 Å². The van der Waals surface area contributed by atoms with Crippen molar-refractivity contribution in [2.45, 2.75) is 54.2 Å². The highest BCUT2D eigenvalue weighted by molar-refractivity contribution is 6.64. The molecule has 0 amide bonds. The fourth-order valence-electron chi connectivity index (χ4n) is 1.78. The Morgan fingerprint density at radius 3 is 2.39 bits per heavy atom. The molecule has 0 saturated heterocycles. The smallest absolute Gasteiger partial charge is 0.220 e. The number of nitrogens with zero attached hydrogens (tertiary/aromatic N) is 2. The lowest BCUT2D eigenvalue weighted by Crippen LogP contribution is -2.07. The van der Waals surface area contributed by atoms with Crippen molar-refractivity contribution in [1.29, 1.82) is 0 Å². The van der Waals surface area contributed by atoms with Crippen molar-refractivity contribution < 1.29 is 4.42 Å². The van der Waals surface area contributed by atoms with Gasteiger partial charge in [-0.25, -0.2) is 0 Å². The molecule has 0 unspecified atom stereocenters. The Hall–Kier alpha value is -1.32. The van der Waals surface area contributed by atoms with Gasteiger partial charge in [0.2, 0.25) is 12.3 Å². The lowest BCUT2D eigenvalue weighted by molar-refractivity contribution is 0.504. The molecule has 1 aromatic rings. The van der Waals surface area contributed by atoms with Crippen molar-refractivity contribution in [3.63, 3.8) is 0 Å². The van der Waals surface area contributed by atoms with E-state index in [1.54, 1.807) is 0 Å². The zero-order valence-electron chi connectivity index (χ0n) is 12.5. The van der Waals surface area contributed by atoms with E-state index in [-0.39, 0.29) is 0 Å². The third kappa shape index (κ3) is 4.90. The van der Waals surface area contributed by atoms with Crippen LogP contribution in [0.5, 0.6) is 0 Å². The average Bonchev–Trinajstić information content (AvgIpc) is 3.06. The van der Waals surface area contributed by atoms with Gasteiger partial charge in [0, 0.05) is 0 Å². The predicted molar refractivity (Wildman–Crippen MR) is 79.0 cm³/mol. The Labute approximate surface area is 111 Å². The third-order valence-electron chi connectivity index (χ3n) is 2.51. The summed E-state index contributed by atoms with van der Waals surface area (Å²) in [7, 11) is 0. The molecule has 18 heavy (non-hydrogen) atoms. The summed E-state index contributed by atoms with van der Waals surface area (Å²) in [5.74, 6) is 0.699. The topological polar surface area (TPSA) is 38.9 Å². The second-order valence-electron chi connectivity index (χ2n) is 3.82. The molecule has 1 heterocycles. The van der Waals surface area contributed by atoms with Crippen molar-refractivity contribution in [1.82, 2.24) is 10.2 Å². The quantitative estimate of drug-likeness (QED) is 0.752. The number of hydrogen-bond acceptors (Lipinski definition) is 3. The molecular formula is C14H25BN2O. The van der Waals surface area contributed by atoms with Crippen LogP contribution in [0.4, 0.5) is 0 Å². The number of aromatic nitrogens is 2. The Bertz CT molecular complexity index is 367. The first-order valence-corrected chi connectivity index (χ1v) is 6.91. The summed E-state index contributed by atoms with van der Waals surface area (Å²) in [5, 5.41) is 7.56. The van der Waals surface area contributed by atoms with E-state index < -0.39 is 0 Å². The van der Waals surface area contributed by atoms with Gasteiger partial charge in [0.05, 0.1) is 6.42 Å². The zero-order chi connectivity index (χ0) is 14.0. The zero-order valence-corrected chi connectivity index (χ0v) is 12.5. The molecule has 0 spiro atoms. The van der Waals surface area contributed by atoms with Gasteiger partial charge >= 0.3 is 0 Å². The number of rotatable bonds is 3. The first kappa shape index (κ1) is 16.7. The second kappa shape index (κ2) is 9.69. The minimum Gasteiger partial charge on any atom is -0.428 e. The summed E-state index contributed by atoms with van der Waals surface area (Å²) < 4.78 is 5.13. The highest BCUT2D eigenvalue weighted by atomic mass is 16.4. The van der Waals surface area contributed by atoms with Crippen LogP contribution in [0.2, 0.25) is 13.6 Å². The predicted octanol–water partition coefficient (Wildman–Crippen LogP) is 4.21. The molecule has 0 radical (unpaired) electrons. The summed E-state index contributed by atoms with van der Waals surface area (Å²) in [6.07, 6.45) is 7.58. The summed E-state index contributed by atoms with van der Waals surface area (Å²) in [4.78, 5) is 0. The molecule has 0 aliphatic heterocycles. The highest BCUT2D eigenvalue weighted by Gasteiger charge is 2.16. The Morgan fingerprint density at radius 2 is 1.89 bits per heavy atom. The van der Waals surface area contributed by atoms with E-state index >= 15 is 0 Å². The summed E-state index contributed by atoms with van der Waals surface area (Å²) >= 11 is 0. The minimum atomic E-state index is 0.600. The molecule has 100 valence electrons. The third-order valence-corrected chi connectivity index (χ3v) is 2.51. The van der Waals surface area contributed by atoms with E-state index in [2.05, 4.69) is 36.0 Å². The van der Waals surface area contributed by atoms with Gasteiger partial charge in [-0.05, 0) is 12.0 Å². The largest absolute Gasteiger partial charge is 0.428 e. The Morgan fingerprint density at radius 1 is 1.22 bits per heavy atom. The first-order valence-electron chi connectivity index (χ1n) is 6.91. The highest BCUT2D eigenvalue weighted by Crippen LogP contribution is 2.23. The maximum Gasteiger partial charge on any atom is 0.220 e. The van der Waals surface area contributed by atoms with Crippen LogP contribution in [0.1, 0.15) is 40.0 Å². The molecule has 0 bridgehead atoms. The minimum absolute atomic E-state index is 0.600. The Balaban J connectivity index is 0.000000659. The van der Waals surface area contributed by atoms with E-state index in [1.807, 2.05) is 27.7 Å². The monoisotopic (exact) mass is 248 g/mol. The van der Waals surface area contributed by atoms with E-state index in [0.29, 0.717) is 12.6 Å². The van der Waals surface area contributed by atoms with Crippen molar-refractivity contribution in [3.05, 3.63) is 35.5 Å². The SMILES string of the molecule is CB(C)C1=C(Cc2nnco2)C=CC1.CC.CC. The first-order chi connectivity index (χ1) is 8.77. The molecule has 2 rings (SSSR count). The lowest BCUT2D eigenvalue weighted by atomic mass is 9.47. The van der Waals surface area contributed by atoms with E-state index in [4.69, 9.17) is 4.42 Å². The fraction of sp³-hybridized carbons (Fsp3) is 0.571. The molecule has 0 aromatic carbocycles. The van der Waals surface area contributed by atoms with Crippen LogP contribution in [0, 0.1) is 0 Å². The Kier molecular flexibility index (Phi) is 8.98. The molecule has 0 N–H and O–H groups in total. The molecular weight excluding hydrogens is 223 g/mol. The lowest BCUT2D eigenvalue weighted by Gasteiger charge is -2.06. The van der Waals surface area contributed by atoms with Gasteiger partial charge in [-0.1, -0.05) is 59.0 Å². The molecule has 3 nitrogen and oxygen atoms in total. The second-order valence-corrected chi connectivity index (χ2v) is 3.82. The maximum atomic E-state index is 5.13. The number of hydrogen-bond donors (Lipinski definition) is 0. The van der Waals surface area contributed by atoms with E-state index in [9.17, 15) is 0 Å². The van der Waals surface area contributed by atoms with Crippen LogP contribution in [0.15, 0.2) is 34.0 Å². The summed E-state index contributed by atoms with van der Waals surface area (Å²) in [6.45, 7) is 13.0. The van der Waals surface area contributed by atoms with Crippen LogP contribution < -0.4 is 0 Å². The number of allylic oxidation sites excluding steroid dienone is 4. The van der Waals surface area contributed by atoms with Crippen molar-refractivity contribution >= 4 is 6.71 Å². The van der Waals surface area contributed by atoms with Crippen molar-refractivity contribution in [2.75, 3.05) is 0 Å². The normalized spacial score (nSPS) is 12.6. The van der Waals surface area contributed by atoms with Crippen LogP contribution in [0.25, 0.3) is 0 Å². The van der Waals surface area contributed by atoms with E-state index in [0.717, 1.165) is 12.8 Å². The molecule has 1 aliphatic rings. The van der Waals surface area contributed by atoms with Crippen LogP contribution in [0.3, 0.4) is 0 Å². The van der Waals surface area contributed by atoms with Crippen molar-refractivity contribution in [3.8, 4) is 0 Å². The molecule has 0 saturated carbocycles. The van der Waals surface area contributed by atoms with Gasteiger partial charge in [0.1, 0.15) is 0 Å². The van der Waals surface area contributed by atoms with Gasteiger partial charge in [0.25, 0.3) is 0 Å². The molecule has 0 atom stereocenters. The van der Waals surface area contributed by atoms with Crippen LogP contribution in [-0.2, 0) is 6.42 Å². The van der Waals surface area contributed by atoms with Crippen LogP contribution >= 0.6 is 0 Å². The van der Waals surface area contributed by atoms with Gasteiger partial charge < -0.3 is 4.42 Å². The summed E-state index contributed by atoms with van der Waals surface area (Å²) in [6, 6.07) is 0. The van der Waals surface area contributed by atoms with Gasteiger partial charge in [0.15, 0.2) is 6.71 Å². The fourth-order valence-corrected chi connectivity index (χ4v) is 1.78. The summed E-state index contributed by atoms with van der Waals surface area (Å²) in [5.41, 5.74) is 2.83. The van der Waals surface area contributed by atoms with Gasteiger partial charge in [-0.3, -0.25) is 0 Å². The van der Waals surface area contributed by atoms with Crippen molar-refractivity contribution in [2.24, 2.45) is 0 Å².